The molecule has 1 unspecified atom stereocenters. The number of carboxylic acids is 1. The van der Waals surface area contributed by atoms with E-state index in [0.717, 1.165) is 31.2 Å². The Bertz CT molecular complexity index is 582. The number of hydrogen-bond donors (Lipinski definition) is 1. The van der Waals surface area contributed by atoms with Gasteiger partial charge in [-0.05, 0) is 30.7 Å². The summed E-state index contributed by atoms with van der Waals surface area (Å²) in [5, 5.41) is 9.84. The Morgan fingerprint density at radius 1 is 1.17 bits per heavy atom. The molecule has 1 saturated heterocycles. The number of ether oxygens (including phenoxy) is 1. The van der Waals surface area contributed by atoms with Crippen molar-refractivity contribution in [3.63, 3.8) is 0 Å². The third kappa shape index (κ3) is 3.40. The minimum absolute atomic E-state index is 0.177. The number of aliphatic carboxylic acids is 1. The fourth-order valence-corrected chi connectivity index (χ4v) is 4.14. The Labute approximate surface area is 142 Å². The minimum Gasteiger partial charge on any atom is -0.481 e. The van der Waals surface area contributed by atoms with Crippen LogP contribution in [0.25, 0.3) is 0 Å². The summed E-state index contributed by atoms with van der Waals surface area (Å²) in [6, 6.07) is 9.52. The molecule has 1 amide bonds. The molecule has 2 aliphatic rings. The highest BCUT2D eigenvalue weighted by Crippen LogP contribution is 2.45. The molecule has 0 bridgehead atoms. The van der Waals surface area contributed by atoms with Gasteiger partial charge in [0.1, 0.15) is 6.61 Å². The molecule has 1 aliphatic carbocycles. The standard InChI is InChI=1S/C19H25NO4/c21-17(22)19(16-9-5-2-6-10-16)11-12-20(14-19)18(23)24-13-15-7-3-1-4-8-15/h1,3-4,7-8,16H,2,5-6,9-14H2,(H,21,22). The number of carbonyl (C=O) groups is 2. The van der Waals surface area contributed by atoms with E-state index >= 15 is 0 Å². The highest BCUT2D eigenvalue weighted by molar-refractivity contribution is 5.78. The van der Waals surface area contributed by atoms with Crippen LogP contribution in [0.3, 0.4) is 0 Å². The molecule has 0 radical (unpaired) electrons. The maximum atomic E-state index is 12.3. The second kappa shape index (κ2) is 7.24. The maximum absolute atomic E-state index is 12.3. The Hall–Kier alpha value is -2.04. The van der Waals surface area contributed by atoms with Crippen molar-refractivity contribution >= 4 is 12.1 Å². The van der Waals surface area contributed by atoms with E-state index in [4.69, 9.17) is 4.74 Å². The van der Waals surface area contributed by atoms with Crippen molar-refractivity contribution in [3.8, 4) is 0 Å². The van der Waals surface area contributed by atoms with Crippen LogP contribution in [0.4, 0.5) is 4.79 Å². The maximum Gasteiger partial charge on any atom is 0.410 e. The van der Waals surface area contributed by atoms with E-state index in [9.17, 15) is 14.7 Å². The molecule has 1 N–H and O–H groups in total. The molecule has 24 heavy (non-hydrogen) atoms. The molecule has 2 fully saturated rings. The fraction of sp³-hybridized carbons (Fsp3) is 0.579. The molecule has 130 valence electrons. The van der Waals surface area contributed by atoms with E-state index in [1.165, 1.54) is 6.42 Å². The summed E-state index contributed by atoms with van der Waals surface area (Å²) in [5.41, 5.74) is 0.147. The normalized spacial score (nSPS) is 24.8. The lowest BCUT2D eigenvalue weighted by Gasteiger charge is -2.36. The summed E-state index contributed by atoms with van der Waals surface area (Å²) in [6.07, 6.45) is 5.43. The predicted octanol–water partition coefficient (Wildman–Crippen LogP) is 3.68. The first kappa shape index (κ1) is 16.8. The molecule has 1 aromatic carbocycles. The van der Waals surface area contributed by atoms with E-state index in [2.05, 4.69) is 0 Å². The SMILES string of the molecule is O=C(OCc1ccccc1)N1CCC(C(=O)O)(C2CCCCC2)C1. The zero-order valence-corrected chi connectivity index (χ0v) is 13.9. The van der Waals surface area contributed by atoms with Crippen molar-refractivity contribution in [1.82, 2.24) is 4.90 Å². The van der Waals surface area contributed by atoms with E-state index in [1.807, 2.05) is 30.3 Å². The van der Waals surface area contributed by atoms with Gasteiger partial charge in [-0.25, -0.2) is 4.79 Å². The quantitative estimate of drug-likeness (QED) is 0.914. The number of hydrogen-bond acceptors (Lipinski definition) is 3. The monoisotopic (exact) mass is 331 g/mol. The molecule has 0 aromatic heterocycles. The van der Waals surface area contributed by atoms with E-state index in [0.29, 0.717) is 13.0 Å². The zero-order chi connectivity index (χ0) is 17.0. The summed E-state index contributed by atoms with van der Waals surface area (Å²) in [5.74, 6) is -0.580. The fourth-order valence-electron chi connectivity index (χ4n) is 4.14. The number of amides is 1. The largest absolute Gasteiger partial charge is 0.481 e. The molecule has 3 rings (SSSR count). The number of carbonyl (C=O) groups excluding carboxylic acids is 1. The van der Waals surface area contributed by atoms with Gasteiger partial charge in [0.05, 0.1) is 5.41 Å². The first-order chi connectivity index (χ1) is 11.6. The Morgan fingerprint density at radius 2 is 1.88 bits per heavy atom. The van der Waals surface area contributed by atoms with Crippen molar-refractivity contribution in [2.75, 3.05) is 13.1 Å². The van der Waals surface area contributed by atoms with Gasteiger partial charge in [-0.2, -0.15) is 0 Å². The molecule has 5 heteroatoms. The molecule has 1 aliphatic heterocycles. The van der Waals surface area contributed by atoms with Crippen molar-refractivity contribution in [1.29, 1.82) is 0 Å². The number of carboxylic acid groups (broad SMARTS) is 1. The van der Waals surface area contributed by atoms with Crippen LogP contribution in [-0.2, 0) is 16.1 Å². The van der Waals surface area contributed by atoms with Crippen LogP contribution < -0.4 is 0 Å². The lowest BCUT2D eigenvalue weighted by Crippen LogP contribution is -2.43. The van der Waals surface area contributed by atoms with Crippen LogP contribution in [-0.4, -0.2) is 35.2 Å². The second-order valence-electron chi connectivity index (χ2n) is 7.01. The molecule has 1 heterocycles. The average Bonchev–Trinajstić information content (AvgIpc) is 3.08. The van der Waals surface area contributed by atoms with Gasteiger partial charge < -0.3 is 14.7 Å². The van der Waals surface area contributed by atoms with Gasteiger partial charge in [-0.15, -0.1) is 0 Å². The summed E-state index contributed by atoms with van der Waals surface area (Å²) >= 11 is 0. The number of nitrogens with zero attached hydrogens (tertiary/aromatic N) is 1. The molecule has 0 spiro atoms. The van der Waals surface area contributed by atoms with Gasteiger partial charge in [0, 0.05) is 13.1 Å². The molecule has 1 atom stereocenters. The van der Waals surface area contributed by atoms with Crippen LogP contribution in [0, 0.1) is 11.3 Å². The van der Waals surface area contributed by atoms with Crippen molar-refractivity contribution < 1.29 is 19.4 Å². The topological polar surface area (TPSA) is 66.8 Å². The van der Waals surface area contributed by atoms with Gasteiger partial charge >= 0.3 is 12.1 Å². The van der Waals surface area contributed by atoms with Crippen molar-refractivity contribution in [3.05, 3.63) is 35.9 Å². The van der Waals surface area contributed by atoms with Crippen molar-refractivity contribution in [2.45, 2.75) is 45.1 Å². The first-order valence-electron chi connectivity index (χ1n) is 8.81. The van der Waals surface area contributed by atoms with Gasteiger partial charge in [0.15, 0.2) is 0 Å². The van der Waals surface area contributed by atoms with E-state index in [1.54, 1.807) is 4.90 Å². The number of rotatable bonds is 4. The van der Waals surface area contributed by atoms with Crippen LogP contribution in [0.1, 0.15) is 44.1 Å². The summed E-state index contributed by atoms with van der Waals surface area (Å²) in [4.78, 5) is 25.9. The molecule has 1 aromatic rings. The van der Waals surface area contributed by atoms with Crippen LogP contribution in [0.5, 0.6) is 0 Å². The summed E-state index contributed by atoms with van der Waals surface area (Å²) < 4.78 is 5.37. The third-order valence-corrected chi connectivity index (χ3v) is 5.58. The highest BCUT2D eigenvalue weighted by atomic mass is 16.6. The lowest BCUT2D eigenvalue weighted by molar-refractivity contribution is -0.152. The number of benzene rings is 1. The summed E-state index contributed by atoms with van der Waals surface area (Å²) in [6.45, 7) is 0.969. The zero-order valence-electron chi connectivity index (χ0n) is 13.9. The average molecular weight is 331 g/mol. The van der Waals surface area contributed by atoms with Gasteiger partial charge in [0.2, 0.25) is 0 Å². The smallest absolute Gasteiger partial charge is 0.410 e. The lowest BCUT2D eigenvalue weighted by atomic mass is 9.68. The molecule has 1 saturated carbocycles. The van der Waals surface area contributed by atoms with Gasteiger partial charge in [-0.3, -0.25) is 4.79 Å². The van der Waals surface area contributed by atoms with Crippen LogP contribution >= 0.6 is 0 Å². The number of likely N-dealkylation sites (tertiary alicyclic amines) is 1. The predicted molar refractivity (Wildman–Crippen MR) is 89.5 cm³/mol. The summed E-state index contributed by atoms with van der Waals surface area (Å²) in [7, 11) is 0. The van der Waals surface area contributed by atoms with Crippen LogP contribution in [0.15, 0.2) is 30.3 Å². The van der Waals surface area contributed by atoms with Crippen LogP contribution in [0.2, 0.25) is 0 Å². The molecular formula is C19H25NO4. The Balaban J connectivity index is 1.61. The Kier molecular flexibility index (Phi) is 5.07. The van der Waals surface area contributed by atoms with Gasteiger partial charge in [0.25, 0.3) is 0 Å². The molecule has 5 nitrogen and oxygen atoms in total. The van der Waals surface area contributed by atoms with Crippen molar-refractivity contribution in [2.24, 2.45) is 11.3 Å². The third-order valence-electron chi connectivity index (χ3n) is 5.58. The van der Waals surface area contributed by atoms with E-state index in [-0.39, 0.29) is 19.1 Å². The first-order valence-corrected chi connectivity index (χ1v) is 8.81. The van der Waals surface area contributed by atoms with Gasteiger partial charge in [-0.1, -0.05) is 49.6 Å². The second-order valence-corrected chi connectivity index (χ2v) is 7.01. The molecular weight excluding hydrogens is 306 g/mol. The Morgan fingerprint density at radius 3 is 2.54 bits per heavy atom. The highest BCUT2D eigenvalue weighted by Gasteiger charge is 2.51. The van der Waals surface area contributed by atoms with E-state index < -0.39 is 17.5 Å². The minimum atomic E-state index is -0.786.